The maximum absolute atomic E-state index is 13.4. The standard InChI is InChI=1S/C26H34N2O4/c1-27(2)22-11-7-20(8-12-22)17-28(18-24-5-3-15-30-24)26(29)21-9-13-23(14-10-21)32-19-25-6-4-16-31-25/h7-14,24-25H,3-6,15-19H2,1-2H3/t24-,25-/m1/s1. The van der Waals surface area contributed by atoms with Crippen molar-refractivity contribution in [3.8, 4) is 5.75 Å². The number of ether oxygens (including phenoxy) is 3. The maximum Gasteiger partial charge on any atom is 0.254 e. The molecule has 0 bridgehead atoms. The van der Waals surface area contributed by atoms with Gasteiger partial charge in [-0.2, -0.15) is 0 Å². The number of carbonyl (C=O) groups is 1. The van der Waals surface area contributed by atoms with Crippen molar-refractivity contribution in [2.75, 3.05) is 45.4 Å². The molecule has 2 aliphatic heterocycles. The molecule has 0 N–H and O–H groups in total. The van der Waals surface area contributed by atoms with E-state index in [2.05, 4.69) is 29.2 Å². The molecule has 0 aromatic heterocycles. The first-order chi connectivity index (χ1) is 15.6. The second-order valence-corrected chi connectivity index (χ2v) is 8.85. The average molecular weight is 439 g/mol. The fraction of sp³-hybridized carbons (Fsp3) is 0.500. The molecule has 2 atom stereocenters. The highest BCUT2D eigenvalue weighted by atomic mass is 16.5. The molecule has 1 amide bonds. The predicted molar refractivity (Wildman–Crippen MR) is 125 cm³/mol. The zero-order valence-electron chi connectivity index (χ0n) is 19.2. The normalized spacial score (nSPS) is 20.3. The minimum Gasteiger partial charge on any atom is -0.491 e. The molecule has 0 unspecified atom stereocenters. The van der Waals surface area contributed by atoms with Crippen molar-refractivity contribution in [3.05, 3.63) is 59.7 Å². The zero-order valence-corrected chi connectivity index (χ0v) is 19.2. The van der Waals surface area contributed by atoms with Gasteiger partial charge in [0.2, 0.25) is 0 Å². The molecule has 2 aromatic rings. The highest BCUT2D eigenvalue weighted by Crippen LogP contribution is 2.21. The van der Waals surface area contributed by atoms with Gasteiger partial charge in [0, 0.05) is 51.6 Å². The number of carbonyl (C=O) groups excluding carboxylic acids is 1. The van der Waals surface area contributed by atoms with Crippen LogP contribution in [0.1, 0.15) is 41.6 Å². The first-order valence-electron chi connectivity index (χ1n) is 11.6. The third kappa shape index (κ3) is 6.02. The number of nitrogens with zero attached hydrogens (tertiary/aromatic N) is 2. The van der Waals surface area contributed by atoms with Crippen LogP contribution in [0.2, 0.25) is 0 Å². The Hall–Kier alpha value is -2.57. The largest absolute Gasteiger partial charge is 0.491 e. The molecular formula is C26H34N2O4. The lowest BCUT2D eigenvalue weighted by Gasteiger charge is -2.26. The summed E-state index contributed by atoms with van der Waals surface area (Å²) < 4.78 is 17.3. The summed E-state index contributed by atoms with van der Waals surface area (Å²) in [7, 11) is 4.05. The molecule has 2 fully saturated rings. The van der Waals surface area contributed by atoms with Gasteiger partial charge in [0.25, 0.3) is 5.91 Å². The van der Waals surface area contributed by atoms with E-state index in [1.54, 1.807) is 0 Å². The number of rotatable bonds is 9. The Morgan fingerprint density at radius 2 is 1.59 bits per heavy atom. The van der Waals surface area contributed by atoms with Gasteiger partial charge in [0.15, 0.2) is 0 Å². The third-order valence-electron chi connectivity index (χ3n) is 6.12. The molecule has 6 heteroatoms. The van der Waals surface area contributed by atoms with Crippen LogP contribution in [0.15, 0.2) is 48.5 Å². The number of hydrogen-bond acceptors (Lipinski definition) is 5. The first-order valence-corrected chi connectivity index (χ1v) is 11.6. The summed E-state index contributed by atoms with van der Waals surface area (Å²) in [6, 6.07) is 15.8. The van der Waals surface area contributed by atoms with Crippen LogP contribution < -0.4 is 9.64 Å². The molecule has 172 valence electrons. The van der Waals surface area contributed by atoms with Crippen molar-refractivity contribution >= 4 is 11.6 Å². The minimum atomic E-state index is 0.0165. The number of benzene rings is 2. The molecule has 2 aromatic carbocycles. The summed E-state index contributed by atoms with van der Waals surface area (Å²) in [4.78, 5) is 17.4. The lowest BCUT2D eigenvalue weighted by Crippen LogP contribution is -2.37. The van der Waals surface area contributed by atoms with Gasteiger partial charge in [0.05, 0.1) is 12.2 Å². The monoisotopic (exact) mass is 438 g/mol. The number of amides is 1. The Bertz CT molecular complexity index is 854. The van der Waals surface area contributed by atoms with E-state index in [1.807, 2.05) is 43.3 Å². The van der Waals surface area contributed by atoms with Crippen molar-refractivity contribution in [2.45, 2.75) is 44.4 Å². The van der Waals surface area contributed by atoms with E-state index in [0.29, 0.717) is 25.3 Å². The Labute approximate surface area is 191 Å². The van der Waals surface area contributed by atoms with E-state index in [9.17, 15) is 4.79 Å². The molecule has 4 rings (SSSR count). The predicted octanol–water partition coefficient (Wildman–Crippen LogP) is 4.13. The first kappa shape index (κ1) is 22.6. The van der Waals surface area contributed by atoms with Crippen molar-refractivity contribution in [1.82, 2.24) is 4.90 Å². The molecule has 2 heterocycles. The smallest absolute Gasteiger partial charge is 0.254 e. The van der Waals surface area contributed by atoms with E-state index in [4.69, 9.17) is 14.2 Å². The third-order valence-corrected chi connectivity index (χ3v) is 6.12. The second-order valence-electron chi connectivity index (χ2n) is 8.85. The van der Waals surface area contributed by atoms with Crippen LogP contribution in [0.25, 0.3) is 0 Å². The van der Waals surface area contributed by atoms with Gasteiger partial charge in [-0.15, -0.1) is 0 Å². The van der Waals surface area contributed by atoms with Gasteiger partial charge >= 0.3 is 0 Å². The topological polar surface area (TPSA) is 51.2 Å². The van der Waals surface area contributed by atoms with Gasteiger partial charge in [-0.3, -0.25) is 4.79 Å². The van der Waals surface area contributed by atoms with Crippen molar-refractivity contribution in [1.29, 1.82) is 0 Å². The Kier molecular flexibility index (Phi) is 7.66. The lowest BCUT2D eigenvalue weighted by atomic mass is 10.1. The van der Waals surface area contributed by atoms with Gasteiger partial charge in [-0.25, -0.2) is 0 Å². The van der Waals surface area contributed by atoms with Crippen LogP contribution in [0.4, 0.5) is 5.69 Å². The van der Waals surface area contributed by atoms with E-state index in [1.165, 1.54) is 0 Å². The molecule has 6 nitrogen and oxygen atoms in total. The second kappa shape index (κ2) is 10.8. The summed E-state index contributed by atoms with van der Waals surface area (Å²) in [6.45, 7) is 3.32. The van der Waals surface area contributed by atoms with E-state index in [0.717, 1.165) is 55.9 Å². The van der Waals surface area contributed by atoms with Crippen molar-refractivity contribution < 1.29 is 19.0 Å². The fourth-order valence-electron chi connectivity index (χ4n) is 4.21. The van der Waals surface area contributed by atoms with Crippen LogP contribution in [-0.2, 0) is 16.0 Å². The molecule has 32 heavy (non-hydrogen) atoms. The molecule has 0 aliphatic carbocycles. The number of hydrogen-bond donors (Lipinski definition) is 0. The van der Waals surface area contributed by atoms with Gasteiger partial charge in [0.1, 0.15) is 12.4 Å². The van der Waals surface area contributed by atoms with Crippen molar-refractivity contribution in [2.24, 2.45) is 0 Å². The summed E-state index contributed by atoms with van der Waals surface area (Å²) in [5.74, 6) is 0.782. The highest BCUT2D eigenvalue weighted by molar-refractivity contribution is 5.94. The van der Waals surface area contributed by atoms with E-state index in [-0.39, 0.29) is 18.1 Å². The lowest BCUT2D eigenvalue weighted by molar-refractivity contribution is 0.0507. The molecule has 2 aliphatic rings. The van der Waals surface area contributed by atoms with Gasteiger partial charge in [-0.05, 0) is 67.6 Å². The number of anilines is 1. The SMILES string of the molecule is CN(C)c1ccc(CN(C[C@H]2CCCO2)C(=O)c2ccc(OC[C@H]3CCCO3)cc2)cc1. The quantitative estimate of drug-likeness (QED) is 0.589. The maximum atomic E-state index is 13.4. The molecular weight excluding hydrogens is 404 g/mol. The summed E-state index contributed by atoms with van der Waals surface area (Å²) in [6.07, 6.45) is 4.48. The molecule has 0 spiro atoms. The minimum absolute atomic E-state index is 0.0165. The Morgan fingerprint density at radius 3 is 2.19 bits per heavy atom. The Morgan fingerprint density at radius 1 is 0.938 bits per heavy atom. The van der Waals surface area contributed by atoms with Gasteiger partial charge in [-0.1, -0.05) is 12.1 Å². The van der Waals surface area contributed by atoms with Crippen molar-refractivity contribution in [3.63, 3.8) is 0 Å². The molecule has 0 radical (unpaired) electrons. The van der Waals surface area contributed by atoms with Gasteiger partial charge < -0.3 is 24.0 Å². The van der Waals surface area contributed by atoms with Crippen LogP contribution in [-0.4, -0.2) is 63.5 Å². The van der Waals surface area contributed by atoms with Crippen LogP contribution in [0.5, 0.6) is 5.75 Å². The molecule has 0 saturated carbocycles. The van der Waals surface area contributed by atoms with E-state index < -0.39 is 0 Å². The van der Waals surface area contributed by atoms with Crippen LogP contribution in [0.3, 0.4) is 0 Å². The van der Waals surface area contributed by atoms with Crippen LogP contribution >= 0.6 is 0 Å². The van der Waals surface area contributed by atoms with Crippen LogP contribution in [0, 0.1) is 0 Å². The summed E-state index contributed by atoms with van der Waals surface area (Å²) in [5, 5.41) is 0. The summed E-state index contributed by atoms with van der Waals surface area (Å²) in [5.41, 5.74) is 2.92. The highest BCUT2D eigenvalue weighted by Gasteiger charge is 2.24. The van der Waals surface area contributed by atoms with E-state index >= 15 is 0 Å². The molecule has 2 saturated heterocycles. The zero-order chi connectivity index (χ0) is 22.3. The average Bonchev–Trinajstić information content (AvgIpc) is 3.52. The summed E-state index contributed by atoms with van der Waals surface area (Å²) >= 11 is 0. The Balaban J connectivity index is 1.42. The fourth-order valence-corrected chi connectivity index (χ4v) is 4.21.